The third-order valence-corrected chi connectivity index (χ3v) is 3.13. The van der Waals surface area contributed by atoms with E-state index < -0.39 is 5.82 Å². The van der Waals surface area contributed by atoms with Gasteiger partial charge in [0.05, 0.1) is 5.69 Å². The predicted molar refractivity (Wildman–Crippen MR) is 69.0 cm³/mol. The number of hydrogen-bond acceptors (Lipinski definition) is 2. The number of carbonyl (C=O) groups excluding carboxylic acids is 1. The van der Waals surface area contributed by atoms with Crippen LogP contribution in [0.4, 0.5) is 14.9 Å². The molecule has 2 rings (SSSR count). The summed E-state index contributed by atoms with van der Waals surface area (Å²) >= 11 is 0. The van der Waals surface area contributed by atoms with Crippen molar-refractivity contribution in [3.63, 3.8) is 0 Å². The van der Waals surface area contributed by atoms with Gasteiger partial charge in [-0.05, 0) is 44.0 Å². The highest BCUT2D eigenvalue weighted by Gasteiger charge is 2.14. The zero-order valence-electron chi connectivity index (χ0n) is 10.2. The van der Waals surface area contributed by atoms with Gasteiger partial charge in [0.2, 0.25) is 0 Å². The minimum absolute atomic E-state index is 0.209. The molecular formula is C13H18FN3O. The Balaban J connectivity index is 1.76. The molecule has 1 aliphatic rings. The molecule has 2 amide bonds. The van der Waals surface area contributed by atoms with E-state index in [0.29, 0.717) is 12.5 Å². The summed E-state index contributed by atoms with van der Waals surface area (Å²) in [6, 6.07) is 5.79. The molecule has 1 fully saturated rings. The summed E-state index contributed by atoms with van der Waals surface area (Å²) in [6.45, 7) is 2.64. The molecule has 0 aliphatic carbocycles. The zero-order valence-corrected chi connectivity index (χ0v) is 10.2. The Morgan fingerprint density at radius 2 is 2.06 bits per heavy atom. The molecular weight excluding hydrogens is 233 g/mol. The molecule has 0 atom stereocenters. The minimum atomic E-state index is -0.422. The van der Waals surface area contributed by atoms with E-state index in [1.807, 2.05) is 0 Å². The molecule has 4 nitrogen and oxygen atoms in total. The molecule has 3 N–H and O–H groups in total. The van der Waals surface area contributed by atoms with E-state index in [2.05, 4.69) is 16.0 Å². The normalized spacial score (nSPS) is 16.3. The van der Waals surface area contributed by atoms with Crippen LogP contribution in [-0.2, 0) is 0 Å². The summed E-state index contributed by atoms with van der Waals surface area (Å²) in [4.78, 5) is 11.6. The van der Waals surface area contributed by atoms with Crippen LogP contribution in [0.2, 0.25) is 0 Å². The van der Waals surface area contributed by atoms with E-state index in [9.17, 15) is 9.18 Å². The highest BCUT2D eigenvalue weighted by molar-refractivity contribution is 5.89. The fourth-order valence-electron chi connectivity index (χ4n) is 2.05. The first-order valence-corrected chi connectivity index (χ1v) is 6.26. The van der Waals surface area contributed by atoms with Gasteiger partial charge in [-0.1, -0.05) is 12.1 Å². The summed E-state index contributed by atoms with van der Waals surface area (Å²) in [5, 5.41) is 8.56. The molecule has 0 radical (unpaired) electrons. The topological polar surface area (TPSA) is 53.2 Å². The van der Waals surface area contributed by atoms with Crippen LogP contribution < -0.4 is 16.0 Å². The number of amides is 2. The second kappa shape index (κ2) is 6.35. The van der Waals surface area contributed by atoms with Crippen molar-refractivity contribution in [2.75, 3.05) is 25.0 Å². The van der Waals surface area contributed by atoms with Gasteiger partial charge in [-0.3, -0.25) is 0 Å². The number of benzene rings is 1. The molecule has 1 heterocycles. The van der Waals surface area contributed by atoms with Crippen molar-refractivity contribution in [3.05, 3.63) is 30.1 Å². The van der Waals surface area contributed by atoms with Crippen molar-refractivity contribution in [3.8, 4) is 0 Å². The number of para-hydroxylation sites is 1. The van der Waals surface area contributed by atoms with Crippen LogP contribution in [0.1, 0.15) is 12.8 Å². The van der Waals surface area contributed by atoms with Gasteiger partial charge < -0.3 is 16.0 Å². The number of rotatable bonds is 3. The molecule has 1 aromatic carbocycles. The zero-order chi connectivity index (χ0) is 12.8. The first-order chi connectivity index (χ1) is 8.75. The number of piperidine rings is 1. The molecule has 0 unspecified atom stereocenters. The molecule has 1 aliphatic heterocycles. The molecule has 18 heavy (non-hydrogen) atoms. The molecule has 0 spiro atoms. The largest absolute Gasteiger partial charge is 0.338 e. The lowest BCUT2D eigenvalue weighted by Crippen LogP contribution is -2.37. The van der Waals surface area contributed by atoms with Crippen LogP contribution in [0.3, 0.4) is 0 Å². The molecule has 0 saturated carbocycles. The summed E-state index contributed by atoms with van der Waals surface area (Å²) < 4.78 is 13.3. The second-order valence-corrected chi connectivity index (χ2v) is 4.51. The number of halogens is 1. The van der Waals surface area contributed by atoms with E-state index in [-0.39, 0.29) is 11.7 Å². The second-order valence-electron chi connectivity index (χ2n) is 4.51. The first kappa shape index (κ1) is 12.8. The van der Waals surface area contributed by atoms with Crippen LogP contribution in [0.5, 0.6) is 0 Å². The Morgan fingerprint density at radius 3 is 2.78 bits per heavy atom. The summed E-state index contributed by atoms with van der Waals surface area (Å²) in [5.41, 5.74) is 0.209. The smallest absolute Gasteiger partial charge is 0.319 e. The van der Waals surface area contributed by atoms with Crippen LogP contribution in [0.25, 0.3) is 0 Å². The van der Waals surface area contributed by atoms with Gasteiger partial charge in [0.1, 0.15) is 5.82 Å². The van der Waals surface area contributed by atoms with E-state index in [4.69, 9.17) is 0 Å². The Bertz CT molecular complexity index is 405. The van der Waals surface area contributed by atoms with Crippen molar-refractivity contribution in [2.45, 2.75) is 12.8 Å². The molecule has 0 aromatic heterocycles. The lowest BCUT2D eigenvalue weighted by Gasteiger charge is -2.22. The van der Waals surface area contributed by atoms with Crippen LogP contribution in [0, 0.1) is 11.7 Å². The maximum Gasteiger partial charge on any atom is 0.319 e. The Labute approximate surface area is 106 Å². The van der Waals surface area contributed by atoms with Crippen LogP contribution in [0.15, 0.2) is 24.3 Å². The molecule has 1 saturated heterocycles. The molecule has 5 heteroatoms. The van der Waals surface area contributed by atoms with Crippen molar-refractivity contribution in [1.29, 1.82) is 0 Å². The average molecular weight is 251 g/mol. The van der Waals surface area contributed by atoms with E-state index in [1.54, 1.807) is 18.2 Å². The van der Waals surface area contributed by atoms with Gasteiger partial charge in [0.15, 0.2) is 0 Å². The van der Waals surface area contributed by atoms with Gasteiger partial charge >= 0.3 is 6.03 Å². The molecule has 1 aromatic rings. The molecule has 98 valence electrons. The highest BCUT2D eigenvalue weighted by Crippen LogP contribution is 2.12. The monoisotopic (exact) mass is 251 g/mol. The fraction of sp³-hybridized carbons (Fsp3) is 0.462. The Kier molecular flexibility index (Phi) is 4.52. The van der Waals surface area contributed by atoms with Gasteiger partial charge in [0, 0.05) is 6.54 Å². The van der Waals surface area contributed by atoms with Crippen molar-refractivity contribution >= 4 is 11.7 Å². The van der Waals surface area contributed by atoms with Crippen molar-refractivity contribution in [1.82, 2.24) is 10.6 Å². The summed E-state index contributed by atoms with van der Waals surface area (Å²) in [6.07, 6.45) is 2.14. The van der Waals surface area contributed by atoms with Gasteiger partial charge in [0.25, 0.3) is 0 Å². The third kappa shape index (κ3) is 3.70. The standard InChI is InChI=1S/C13H18FN3O/c14-11-3-1-2-4-12(11)17-13(18)16-9-10-5-7-15-8-6-10/h1-4,10,15H,5-9H2,(H2,16,17,18). The lowest BCUT2D eigenvalue weighted by atomic mass is 9.98. The summed E-state index contributed by atoms with van der Waals surface area (Å²) in [7, 11) is 0. The number of urea groups is 1. The van der Waals surface area contributed by atoms with Gasteiger partial charge in [-0.15, -0.1) is 0 Å². The average Bonchev–Trinajstić information content (AvgIpc) is 2.40. The maximum atomic E-state index is 13.3. The van der Waals surface area contributed by atoms with Gasteiger partial charge in [-0.2, -0.15) is 0 Å². The van der Waals surface area contributed by atoms with E-state index in [1.165, 1.54) is 6.07 Å². The van der Waals surface area contributed by atoms with Crippen LogP contribution in [-0.4, -0.2) is 25.7 Å². The maximum absolute atomic E-state index is 13.3. The quantitative estimate of drug-likeness (QED) is 0.769. The minimum Gasteiger partial charge on any atom is -0.338 e. The van der Waals surface area contributed by atoms with E-state index in [0.717, 1.165) is 25.9 Å². The number of anilines is 1. The predicted octanol–water partition coefficient (Wildman–Crippen LogP) is 1.95. The lowest BCUT2D eigenvalue weighted by molar-refractivity contribution is 0.248. The number of nitrogens with one attached hydrogen (secondary N) is 3. The number of carbonyl (C=O) groups is 1. The van der Waals surface area contributed by atoms with Crippen LogP contribution >= 0.6 is 0 Å². The summed E-state index contributed by atoms with van der Waals surface area (Å²) in [5.74, 6) is 0.0899. The number of hydrogen-bond donors (Lipinski definition) is 3. The molecule has 0 bridgehead atoms. The Hall–Kier alpha value is -1.62. The van der Waals surface area contributed by atoms with E-state index >= 15 is 0 Å². The SMILES string of the molecule is O=C(NCC1CCNCC1)Nc1ccccc1F. The fourth-order valence-corrected chi connectivity index (χ4v) is 2.05. The Morgan fingerprint density at radius 1 is 1.33 bits per heavy atom. The van der Waals surface area contributed by atoms with Crippen molar-refractivity contribution < 1.29 is 9.18 Å². The third-order valence-electron chi connectivity index (χ3n) is 3.13. The van der Waals surface area contributed by atoms with Crippen molar-refractivity contribution in [2.24, 2.45) is 5.92 Å². The highest BCUT2D eigenvalue weighted by atomic mass is 19.1. The van der Waals surface area contributed by atoms with Gasteiger partial charge in [-0.25, -0.2) is 9.18 Å². The first-order valence-electron chi connectivity index (χ1n) is 6.26.